The minimum Gasteiger partial charge on any atom is -0.397 e. The molecule has 0 aromatic heterocycles. The summed E-state index contributed by atoms with van der Waals surface area (Å²) in [5.74, 6) is 0. The first-order valence-electron chi connectivity index (χ1n) is 4.39. The summed E-state index contributed by atoms with van der Waals surface area (Å²) in [6.45, 7) is 2.57. The molecule has 5 N–H and O–H groups in total. The van der Waals surface area contributed by atoms with Crippen LogP contribution in [0.4, 0.5) is 5.69 Å². The van der Waals surface area contributed by atoms with Gasteiger partial charge in [0.15, 0.2) is 0 Å². The first-order valence-corrected chi connectivity index (χ1v) is 7.44. The van der Waals surface area contributed by atoms with Crippen molar-refractivity contribution < 1.29 is 27.3 Å². The first kappa shape index (κ1) is 14.1. The highest BCUT2D eigenvalue weighted by Crippen LogP contribution is 2.38. The molecule has 96 valence electrons. The highest BCUT2D eigenvalue weighted by Gasteiger charge is 2.27. The Labute approximate surface area is 98.2 Å². The van der Waals surface area contributed by atoms with Crippen LogP contribution in [0, 0.1) is 13.8 Å². The van der Waals surface area contributed by atoms with Crippen LogP contribution < -0.4 is 11.0 Å². The monoisotopic (exact) mass is 281 g/mol. The number of benzene rings is 1. The van der Waals surface area contributed by atoms with Crippen LogP contribution >= 0.6 is 7.60 Å². The summed E-state index contributed by atoms with van der Waals surface area (Å²) in [6, 6.07) is 1.01. The lowest BCUT2D eigenvalue weighted by atomic mass is 10.1. The van der Waals surface area contributed by atoms with Crippen LogP contribution in [0.2, 0.25) is 0 Å². The molecule has 0 saturated heterocycles. The SMILES string of the molecule is Cc1cc(P(=O)(O)O)c(C)c(N)c1S(=O)(=O)O. The summed E-state index contributed by atoms with van der Waals surface area (Å²) >= 11 is 0. The number of anilines is 1. The molecule has 0 radical (unpaired) electrons. The van der Waals surface area contributed by atoms with Crippen LogP contribution in [0.1, 0.15) is 11.1 Å². The van der Waals surface area contributed by atoms with Crippen molar-refractivity contribution in [3.05, 3.63) is 17.2 Å². The van der Waals surface area contributed by atoms with E-state index >= 15 is 0 Å². The Kier molecular flexibility index (Phi) is 3.39. The van der Waals surface area contributed by atoms with Gasteiger partial charge >= 0.3 is 7.60 Å². The Morgan fingerprint density at radius 1 is 1.29 bits per heavy atom. The lowest BCUT2D eigenvalue weighted by Gasteiger charge is -2.15. The van der Waals surface area contributed by atoms with E-state index in [9.17, 15) is 13.0 Å². The predicted molar refractivity (Wildman–Crippen MR) is 61.8 cm³/mol. The Bertz CT molecular complexity index is 617. The van der Waals surface area contributed by atoms with E-state index < -0.39 is 22.6 Å². The van der Waals surface area contributed by atoms with E-state index in [1.807, 2.05) is 0 Å². The molecule has 0 spiro atoms. The summed E-state index contributed by atoms with van der Waals surface area (Å²) in [6.07, 6.45) is 0. The Morgan fingerprint density at radius 3 is 2.12 bits per heavy atom. The van der Waals surface area contributed by atoms with Crippen molar-refractivity contribution in [1.29, 1.82) is 0 Å². The van der Waals surface area contributed by atoms with Crippen molar-refractivity contribution in [3.8, 4) is 0 Å². The van der Waals surface area contributed by atoms with Gasteiger partial charge in [0, 0.05) is 0 Å². The molecule has 17 heavy (non-hydrogen) atoms. The fourth-order valence-electron chi connectivity index (χ4n) is 1.54. The zero-order valence-corrected chi connectivity index (χ0v) is 10.8. The standard InChI is InChI=1S/C8H12NO6PS/c1-4-3-6(16(10,11)12)5(2)7(9)8(4)17(13,14)15/h3H,9H2,1-2H3,(H2,10,11,12)(H,13,14,15). The van der Waals surface area contributed by atoms with Gasteiger partial charge in [0.1, 0.15) is 4.90 Å². The topological polar surface area (TPSA) is 138 Å². The normalized spacial score (nSPS) is 12.8. The lowest BCUT2D eigenvalue weighted by Crippen LogP contribution is -2.16. The van der Waals surface area contributed by atoms with E-state index in [-0.39, 0.29) is 22.1 Å². The van der Waals surface area contributed by atoms with Crippen molar-refractivity contribution in [3.63, 3.8) is 0 Å². The molecule has 0 aliphatic heterocycles. The Balaban J connectivity index is 3.78. The Morgan fingerprint density at radius 2 is 1.76 bits per heavy atom. The molecule has 0 aliphatic rings. The third-order valence-corrected chi connectivity index (χ3v) is 4.47. The second-order valence-electron chi connectivity index (χ2n) is 3.60. The summed E-state index contributed by atoms with van der Waals surface area (Å²) in [7, 11) is -9.07. The fourth-order valence-corrected chi connectivity index (χ4v) is 3.36. The van der Waals surface area contributed by atoms with Gasteiger partial charge in [0.25, 0.3) is 10.1 Å². The molecule has 0 saturated carbocycles. The quantitative estimate of drug-likeness (QED) is 0.338. The number of nitrogen functional groups attached to an aromatic ring is 1. The molecule has 0 aliphatic carbocycles. The van der Waals surface area contributed by atoms with Crippen LogP contribution in [-0.2, 0) is 14.7 Å². The van der Waals surface area contributed by atoms with Crippen molar-refractivity contribution in [2.24, 2.45) is 0 Å². The third kappa shape index (κ3) is 2.67. The van der Waals surface area contributed by atoms with Gasteiger partial charge in [0.05, 0.1) is 11.0 Å². The molecule has 7 nitrogen and oxygen atoms in total. The second kappa shape index (κ2) is 4.08. The molecular formula is C8H12NO6PS. The molecule has 1 aromatic carbocycles. The number of hydrogen-bond acceptors (Lipinski definition) is 4. The van der Waals surface area contributed by atoms with E-state index in [1.54, 1.807) is 0 Å². The molecular weight excluding hydrogens is 269 g/mol. The molecule has 1 aromatic rings. The van der Waals surface area contributed by atoms with Crippen molar-refractivity contribution in [2.45, 2.75) is 18.7 Å². The largest absolute Gasteiger partial charge is 0.397 e. The minimum atomic E-state index is -4.54. The third-order valence-electron chi connectivity index (χ3n) is 2.32. The summed E-state index contributed by atoms with van der Waals surface area (Å²) in [4.78, 5) is 17.6. The van der Waals surface area contributed by atoms with Crippen molar-refractivity contribution in [1.82, 2.24) is 0 Å². The van der Waals surface area contributed by atoms with Gasteiger partial charge in [0.2, 0.25) is 0 Å². The van der Waals surface area contributed by atoms with Crippen molar-refractivity contribution in [2.75, 3.05) is 5.73 Å². The number of hydrogen-bond donors (Lipinski definition) is 4. The van der Waals surface area contributed by atoms with Gasteiger partial charge in [-0.1, -0.05) is 0 Å². The van der Waals surface area contributed by atoms with E-state index in [0.717, 1.165) is 6.07 Å². The van der Waals surface area contributed by atoms with Gasteiger partial charge in [-0.2, -0.15) is 8.42 Å². The number of nitrogens with two attached hydrogens (primary N) is 1. The van der Waals surface area contributed by atoms with Gasteiger partial charge < -0.3 is 15.5 Å². The van der Waals surface area contributed by atoms with E-state index in [0.29, 0.717) is 0 Å². The zero-order valence-electron chi connectivity index (χ0n) is 9.08. The predicted octanol–water partition coefficient (Wildman–Crippen LogP) is -0.0647. The lowest BCUT2D eigenvalue weighted by molar-refractivity contribution is 0.387. The maximum Gasteiger partial charge on any atom is 0.356 e. The van der Waals surface area contributed by atoms with Crippen LogP contribution in [0.5, 0.6) is 0 Å². The van der Waals surface area contributed by atoms with Gasteiger partial charge in [-0.15, -0.1) is 0 Å². The summed E-state index contributed by atoms with van der Waals surface area (Å²) in [5.41, 5.74) is 5.05. The molecule has 0 amide bonds. The van der Waals surface area contributed by atoms with Gasteiger partial charge in [-0.05, 0) is 31.0 Å². The van der Waals surface area contributed by atoms with Gasteiger partial charge in [-0.3, -0.25) is 9.12 Å². The average molecular weight is 281 g/mol. The molecule has 9 heteroatoms. The van der Waals surface area contributed by atoms with E-state index in [2.05, 4.69) is 0 Å². The van der Waals surface area contributed by atoms with Crippen molar-refractivity contribution >= 4 is 28.7 Å². The molecule has 0 fully saturated rings. The fraction of sp³-hybridized carbons (Fsp3) is 0.250. The molecule has 0 heterocycles. The molecule has 0 atom stereocenters. The highest BCUT2D eigenvalue weighted by molar-refractivity contribution is 7.86. The summed E-state index contributed by atoms with van der Waals surface area (Å²) < 4.78 is 42.3. The maximum absolute atomic E-state index is 11.1. The zero-order chi connectivity index (χ0) is 13.6. The maximum atomic E-state index is 11.1. The van der Waals surface area contributed by atoms with Gasteiger partial charge in [-0.25, -0.2) is 0 Å². The van der Waals surface area contributed by atoms with Crippen LogP contribution in [0.3, 0.4) is 0 Å². The van der Waals surface area contributed by atoms with Crippen LogP contribution in [0.25, 0.3) is 0 Å². The Hall–Kier alpha value is -0.920. The van der Waals surface area contributed by atoms with Crippen LogP contribution in [-0.4, -0.2) is 22.8 Å². The second-order valence-corrected chi connectivity index (χ2v) is 6.53. The molecule has 0 bridgehead atoms. The average Bonchev–Trinajstić information content (AvgIpc) is 2.07. The molecule has 1 rings (SSSR count). The smallest absolute Gasteiger partial charge is 0.356 e. The first-order chi connectivity index (χ1) is 7.46. The number of rotatable bonds is 2. The number of aryl methyl sites for hydroxylation is 1. The van der Waals surface area contributed by atoms with Crippen LogP contribution in [0.15, 0.2) is 11.0 Å². The summed E-state index contributed by atoms with van der Waals surface area (Å²) in [5, 5.41) is -0.347. The highest BCUT2D eigenvalue weighted by atomic mass is 32.2. The minimum absolute atomic E-state index is 0.0195. The molecule has 0 unspecified atom stereocenters. The van der Waals surface area contributed by atoms with E-state index in [1.165, 1.54) is 13.8 Å². The van der Waals surface area contributed by atoms with E-state index in [4.69, 9.17) is 20.1 Å².